The van der Waals surface area contributed by atoms with Gasteiger partial charge in [0.2, 0.25) is 12.6 Å². The van der Waals surface area contributed by atoms with Gasteiger partial charge in [0.25, 0.3) is 0 Å². The Hall–Kier alpha value is -6.32. The summed E-state index contributed by atoms with van der Waals surface area (Å²) < 4.78 is 56.3. The third-order valence-electron chi connectivity index (χ3n) is 9.58. The van der Waals surface area contributed by atoms with Crippen molar-refractivity contribution in [1.29, 1.82) is 0 Å². The highest BCUT2D eigenvalue weighted by Gasteiger charge is 2.29. The maximum Gasteiger partial charge on any atom is 0.343 e. The van der Waals surface area contributed by atoms with Crippen molar-refractivity contribution in [2.75, 3.05) is 39.6 Å². The number of carbonyl (C=O) groups is 4. The summed E-state index contributed by atoms with van der Waals surface area (Å²) in [6.45, 7) is 9.68. The summed E-state index contributed by atoms with van der Waals surface area (Å²) in [5, 5.41) is 0. The Kier molecular flexibility index (Phi) is 21.1. The lowest BCUT2D eigenvalue weighted by Gasteiger charge is -2.31. The largest absolute Gasteiger partial charge is 0.494 e. The first-order valence-corrected chi connectivity index (χ1v) is 21.4. The summed E-state index contributed by atoms with van der Waals surface area (Å²) in [6.07, 6.45) is 7.79. The number of hydrogen-bond acceptors (Lipinski definition) is 14. The third-order valence-corrected chi connectivity index (χ3v) is 9.58. The molecule has 0 saturated carbocycles. The van der Waals surface area contributed by atoms with Crippen LogP contribution in [-0.2, 0) is 51.2 Å². The molecule has 0 amide bonds. The fourth-order valence-electron chi connectivity index (χ4n) is 6.07. The molecule has 1 saturated heterocycles. The zero-order valence-corrected chi connectivity index (χ0v) is 36.0. The van der Waals surface area contributed by atoms with Gasteiger partial charge in [0.05, 0.1) is 64.0 Å². The van der Waals surface area contributed by atoms with Gasteiger partial charge in [-0.25, -0.2) is 19.2 Å². The third kappa shape index (κ3) is 17.8. The van der Waals surface area contributed by atoms with Gasteiger partial charge in [0, 0.05) is 12.2 Å². The van der Waals surface area contributed by atoms with Crippen LogP contribution in [-0.4, -0.2) is 76.1 Å². The van der Waals surface area contributed by atoms with E-state index >= 15 is 0 Å². The number of esters is 4. The van der Waals surface area contributed by atoms with Crippen molar-refractivity contribution in [2.24, 2.45) is 0 Å². The predicted octanol–water partition coefficient (Wildman–Crippen LogP) is 8.89. The topological polar surface area (TPSA) is 161 Å². The molecular weight excluding hydrogens is 825 g/mol. The lowest BCUT2D eigenvalue weighted by atomic mass is 10.2. The van der Waals surface area contributed by atoms with E-state index in [9.17, 15) is 19.2 Å². The van der Waals surface area contributed by atoms with Crippen LogP contribution in [0.4, 0.5) is 0 Å². The molecule has 0 unspecified atom stereocenters. The van der Waals surface area contributed by atoms with Gasteiger partial charge in [-0.1, -0.05) is 37.4 Å². The number of hydrogen-bond donors (Lipinski definition) is 0. The van der Waals surface area contributed by atoms with E-state index in [0.717, 1.165) is 74.6 Å². The molecule has 4 aromatic rings. The van der Waals surface area contributed by atoms with Gasteiger partial charge in [-0.2, -0.15) is 0 Å². The minimum Gasteiger partial charge on any atom is -0.494 e. The quantitative estimate of drug-likeness (QED) is 0.0230. The normalized spacial score (nSPS) is 14.4. The number of unbranched alkanes of at least 4 members (excludes halogenated alkanes) is 6. The molecule has 1 fully saturated rings. The summed E-state index contributed by atoms with van der Waals surface area (Å²) in [5.74, 6) is 0.285. The Labute approximate surface area is 373 Å². The number of rotatable bonds is 28. The van der Waals surface area contributed by atoms with Gasteiger partial charge in [-0.05, 0) is 135 Å². The summed E-state index contributed by atoms with van der Waals surface area (Å²) in [4.78, 5) is 47.7. The smallest absolute Gasteiger partial charge is 0.343 e. The van der Waals surface area contributed by atoms with Crippen LogP contribution in [0.25, 0.3) is 0 Å². The van der Waals surface area contributed by atoms with Crippen LogP contribution < -0.4 is 18.9 Å². The average molecular weight is 881 g/mol. The molecule has 0 bridgehead atoms. The van der Waals surface area contributed by atoms with Crippen LogP contribution in [0.2, 0.25) is 0 Å². The number of ether oxygens (including phenoxy) is 10. The zero-order chi connectivity index (χ0) is 45.2. The first kappa shape index (κ1) is 48.7. The highest BCUT2D eigenvalue weighted by atomic mass is 16.8. The number of benzene rings is 4. The van der Waals surface area contributed by atoms with Crippen molar-refractivity contribution >= 4 is 23.9 Å². The Balaban J connectivity index is 0.957. The summed E-state index contributed by atoms with van der Waals surface area (Å²) in [6, 6.07) is 27.5. The molecule has 5 rings (SSSR count). The second-order valence-electron chi connectivity index (χ2n) is 14.5. The van der Waals surface area contributed by atoms with Crippen molar-refractivity contribution in [1.82, 2.24) is 0 Å². The average Bonchev–Trinajstić information content (AvgIpc) is 3.33. The first-order valence-electron chi connectivity index (χ1n) is 21.4. The van der Waals surface area contributed by atoms with E-state index in [0.29, 0.717) is 73.8 Å². The zero-order valence-electron chi connectivity index (χ0n) is 36.0. The van der Waals surface area contributed by atoms with Crippen molar-refractivity contribution in [2.45, 2.75) is 77.2 Å². The summed E-state index contributed by atoms with van der Waals surface area (Å²) in [5.41, 5.74) is 2.43. The maximum absolute atomic E-state index is 12.8. The molecule has 0 N–H and O–H groups in total. The fraction of sp³-hybridized carbons (Fsp3) is 0.360. The molecule has 4 aromatic carbocycles. The molecule has 1 aliphatic rings. The Morgan fingerprint density at radius 1 is 0.469 bits per heavy atom. The van der Waals surface area contributed by atoms with Crippen LogP contribution in [0, 0.1) is 0 Å². The van der Waals surface area contributed by atoms with Gasteiger partial charge in [0.1, 0.15) is 23.0 Å². The number of carbonyl (C=O) groups excluding carboxylic acids is 4. The van der Waals surface area contributed by atoms with Crippen LogP contribution in [0.15, 0.2) is 122 Å². The van der Waals surface area contributed by atoms with Crippen molar-refractivity contribution < 1.29 is 66.5 Å². The summed E-state index contributed by atoms with van der Waals surface area (Å²) in [7, 11) is 0. The molecule has 2 atom stereocenters. The van der Waals surface area contributed by atoms with E-state index in [1.807, 2.05) is 0 Å². The first-order chi connectivity index (χ1) is 31.3. The minimum atomic E-state index is -0.775. The second kappa shape index (κ2) is 27.7. The van der Waals surface area contributed by atoms with Gasteiger partial charge >= 0.3 is 23.9 Å². The Bertz CT molecular complexity index is 1900. The van der Waals surface area contributed by atoms with Gasteiger partial charge in [0.15, 0.2) is 0 Å². The molecule has 14 nitrogen and oxygen atoms in total. The molecule has 64 heavy (non-hydrogen) atoms. The molecule has 340 valence electrons. The lowest BCUT2D eigenvalue weighted by molar-refractivity contribution is -0.326. The standard InChI is InChI=1S/C50H56O14/c1-3-45(51)57-31-11-7-5-9-29-55-41-25-17-39(18-26-41)47(53)63-43-21-13-37(14-22-43)35-61-49-50(60-34-33-59-49)62-36-38-15-23-44(24-16-38)64-48(54)40-19-27-42(28-20-40)56-30-10-6-8-12-32-58-46(52)4-2/h3-4,13-28,49-50H,1-2,5-12,29-36H2/t49-,50-/m0/s1. The van der Waals surface area contributed by atoms with Crippen LogP contribution in [0.3, 0.4) is 0 Å². The SMILES string of the molecule is C=CC(=O)OCCCCCCOc1ccc(C(=O)Oc2ccc(CO[C@@H]3OCCO[C@H]3OCc3ccc(OC(=O)c4ccc(OCCCCCCOC(=O)C=C)cc4)cc3)cc2)cc1. The Morgan fingerprint density at radius 2 is 0.812 bits per heavy atom. The van der Waals surface area contributed by atoms with Crippen molar-refractivity contribution in [3.8, 4) is 23.0 Å². The van der Waals surface area contributed by atoms with E-state index in [2.05, 4.69) is 13.2 Å². The van der Waals surface area contributed by atoms with Crippen LogP contribution >= 0.6 is 0 Å². The van der Waals surface area contributed by atoms with E-state index in [1.165, 1.54) is 0 Å². The predicted molar refractivity (Wildman–Crippen MR) is 235 cm³/mol. The molecule has 1 aliphatic heterocycles. The van der Waals surface area contributed by atoms with Crippen LogP contribution in [0.1, 0.15) is 83.2 Å². The Morgan fingerprint density at radius 3 is 1.17 bits per heavy atom. The van der Waals surface area contributed by atoms with Crippen molar-refractivity contribution in [3.63, 3.8) is 0 Å². The van der Waals surface area contributed by atoms with Gasteiger partial charge in [-0.15, -0.1) is 0 Å². The molecule has 0 aliphatic carbocycles. The monoisotopic (exact) mass is 880 g/mol. The van der Waals surface area contributed by atoms with Crippen LogP contribution in [0.5, 0.6) is 23.0 Å². The molecular formula is C50H56O14. The molecule has 14 heteroatoms. The van der Waals surface area contributed by atoms with E-state index < -0.39 is 36.5 Å². The fourth-order valence-corrected chi connectivity index (χ4v) is 6.07. The molecule has 0 spiro atoms. The highest BCUT2D eigenvalue weighted by molar-refractivity contribution is 5.91. The van der Waals surface area contributed by atoms with E-state index in [-0.39, 0.29) is 13.2 Å². The van der Waals surface area contributed by atoms with Gasteiger partial charge < -0.3 is 47.4 Å². The molecule has 1 heterocycles. The second-order valence-corrected chi connectivity index (χ2v) is 14.5. The maximum atomic E-state index is 12.8. The van der Waals surface area contributed by atoms with Gasteiger partial charge in [-0.3, -0.25) is 0 Å². The minimum absolute atomic E-state index is 0.198. The molecule has 0 radical (unpaired) electrons. The molecule has 0 aromatic heterocycles. The van der Waals surface area contributed by atoms with E-state index in [1.54, 1.807) is 97.1 Å². The summed E-state index contributed by atoms with van der Waals surface area (Å²) >= 11 is 0. The van der Waals surface area contributed by atoms with Crippen molar-refractivity contribution in [3.05, 3.63) is 145 Å². The lowest BCUT2D eigenvalue weighted by Crippen LogP contribution is -2.41. The highest BCUT2D eigenvalue weighted by Crippen LogP contribution is 2.22. The van der Waals surface area contributed by atoms with E-state index in [4.69, 9.17) is 47.4 Å².